The van der Waals surface area contributed by atoms with Crippen molar-refractivity contribution in [1.29, 1.82) is 0 Å². The Morgan fingerprint density at radius 3 is 2.60 bits per heavy atom. The van der Waals surface area contributed by atoms with Crippen LogP contribution in [0.2, 0.25) is 0 Å². The molecule has 0 spiro atoms. The van der Waals surface area contributed by atoms with E-state index < -0.39 is 15.7 Å². The standard InChI is InChI=1S/C18H23N3O3S/c1-4-11-25(23,24)16-8-6-5-7-15(16)18(22)20-13-14-9-10-19-17(12-14)21(2)3/h5-10,12H,4,11,13H2,1-3H3,(H,20,22). The van der Waals surface area contributed by atoms with E-state index in [0.717, 1.165) is 11.4 Å². The number of carbonyl (C=O) groups excluding carboxylic acids is 1. The maximum absolute atomic E-state index is 12.5. The molecule has 0 bridgehead atoms. The number of pyridine rings is 1. The molecule has 0 aliphatic carbocycles. The highest BCUT2D eigenvalue weighted by Gasteiger charge is 2.21. The SMILES string of the molecule is CCCS(=O)(=O)c1ccccc1C(=O)NCc1ccnc(N(C)C)c1. The molecule has 2 rings (SSSR count). The normalized spacial score (nSPS) is 11.2. The van der Waals surface area contributed by atoms with Crippen LogP contribution in [0.15, 0.2) is 47.5 Å². The van der Waals surface area contributed by atoms with Crippen LogP contribution < -0.4 is 10.2 Å². The van der Waals surface area contributed by atoms with E-state index in [1.165, 1.54) is 12.1 Å². The van der Waals surface area contributed by atoms with Crippen LogP contribution in [0.1, 0.15) is 29.3 Å². The Kier molecular flexibility index (Phi) is 6.14. The number of benzene rings is 1. The molecule has 2 aromatic rings. The highest BCUT2D eigenvalue weighted by molar-refractivity contribution is 7.91. The van der Waals surface area contributed by atoms with E-state index in [4.69, 9.17) is 0 Å². The second kappa shape index (κ2) is 8.11. The van der Waals surface area contributed by atoms with Crippen molar-refractivity contribution in [3.05, 3.63) is 53.7 Å². The number of rotatable bonds is 7. The van der Waals surface area contributed by atoms with Gasteiger partial charge in [-0.05, 0) is 36.2 Å². The fourth-order valence-electron chi connectivity index (χ4n) is 2.40. The second-order valence-electron chi connectivity index (χ2n) is 5.91. The summed E-state index contributed by atoms with van der Waals surface area (Å²) in [6.07, 6.45) is 2.18. The van der Waals surface area contributed by atoms with Gasteiger partial charge in [-0.2, -0.15) is 0 Å². The molecule has 7 heteroatoms. The zero-order chi connectivity index (χ0) is 18.4. The maximum atomic E-state index is 12.5. The van der Waals surface area contributed by atoms with E-state index in [9.17, 15) is 13.2 Å². The van der Waals surface area contributed by atoms with Crippen LogP contribution >= 0.6 is 0 Å². The average Bonchev–Trinajstić information content (AvgIpc) is 2.60. The Morgan fingerprint density at radius 1 is 1.20 bits per heavy atom. The third kappa shape index (κ3) is 4.79. The number of hydrogen-bond acceptors (Lipinski definition) is 5. The van der Waals surface area contributed by atoms with E-state index in [0.29, 0.717) is 13.0 Å². The number of nitrogens with zero attached hydrogens (tertiary/aromatic N) is 2. The molecule has 0 aliphatic heterocycles. The number of anilines is 1. The third-order valence-corrected chi connectivity index (χ3v) is 5.63. The van der Waals surface area contributed by atoms with Gasteiger partial charge in [0.05, 0.1) is 16.2 Å². The molecule has 0 atom stereocenters. The lowest BCUT2D eigenvalue weighted by atomic mass is 10.2. The first-order chi connectivity index (χ1) is 11.8. The summed E-state index contributed by atoms with van der Waals surface area (Å²) in [6, 6.07) is 10.0. The summed E-state index contributed by atoms with van der Waals surface area (Å²) in [5.41, 5.74) is 1.07. The van der Waals surface area contributed by atoms with E-state index in [1.807, 2.05) is 31.1 Å². The fourth-order valence-corrected chi connectivity index (χ4v) is 3.94. The molecule has 0 saturated heterocycles. The molecular weight excluding hydrogens is 338 g/mol. The number of hydrogen-bond donors (Lipinski definition) is 1. The Labute approximate surface area is 148 Å². The van der Waals surface area contributed by atoms with Gasteiger partial charge in [0.2, 0.25) is 0 Å². The van der Waals surface area contributed by atoms with Gasteiger partial charge in [0.25, 0.3) is 5.91 Å². The van der Waals surface area contributed by atoms with Crippen molar-refractivity contribution in [2.45, 2.75) is 24.8 Å². The third-order valence-electron chi connectivity index (χ3n) is 3.66. The topological polar surface area (TPSA) is 79.4 Å². The van der Waals surface area contributed by atoms with E-state index in [2.05, 4.69) is 10.3 Å². The lowest BCUT2D eigenvalue weighted by Gasteiger charge is -2.13. The zero-order valence-corrected chi connectivity index (χ0v) is 15.5. The van der Waals surface area contributed by atoms with Crippen LogP contribution in [-0.2, 0) is 16.4 Å². The van der Waals surface area contributed by atoms with Crippen LogP contribution in [0, 0.1) is 0 Å². The Hall–Kier alpha value is -2.41. The molecule has 0 unspecified atom stereocenters. The first-order valence-corrected chi connectivity index (χ1v) is 9.72. The monoisotopic (exact) mass is 361 g/mol. The Balaban J connectivity index is 2.18. The molecule has 6 nitrogen and oxygen atoms in total. The average molecular weight is 361 g/mol. The molecule has 1 aromatic heterocycles. The van der Waals surface area contributed by atoms with Crippen molar-refractivity contribution >= 4 is 21.6 Å². The van der Waals surface area contributed by atoms with Crippen molar-refractivity contribution < 1.29 is 13.2 Å². The molecule has 0 radical (unpaired) electrons. The summed E-state index contributed by atoms with van der Waals surface area (Å²) < 4.78 is 24.7. The van der Waals surface area contributed by atoms with Crippen molar-refractivity contribution in [3.8, 4) is 0 Å². The van der Waals surface area contributed by atoms with Gasteiger partial charge in [-0.15, -0.1) is 0 Å². The summed E-state index contributed by atoms with van der Waals surface area (Å²) in [4.78, 5) is 18.7. The maximum Gasteiger partial charge on any atom is 0.252 e. The summed E-state index contributed by atoms with van der Waals surface area (Å²) in [5, 5.41) is 2.79. The van der Waals surface area contributed by atoms with Gasteiger partial charge < -0.3 is 10.2 Å². The highest BCUT2D eigenvalue weighted by atomic mass is 32.2. The smallest absolute Gasteiger partial charge is 0.252 e. The molecule has 1 amide bonds. The van der Waals surface area contributed by atoms with Gasteiger partial charge in [0.15, 0.2) is 9.84 Å². The molecule has 0 aliphatic rings. The molecule has 1 aromatic carbocycles. The molecule has 1 heterocycles. The lowest BCUT2D eigenvalue weighted by Crippen LogP contribution is -2.25. The summed E-state index contributed by atoms with van der Waals surface area (Å²) in [7, 11) is 0.312. The predicted octanol–water partition coefficient (Wildman–Crippen LogP) is 2.26. The van der Waals surface area contributed by atoms with Gasteiger partial charge in [0.1, 0.15) is 5.82 Å². The number of nitrogens with one attached hydrogen (secondary N) is 1. The van der Waals surface area contributed by atoms with Crippen LogP contribution in [0.5, 0.6) is 0 Å². The Morgan fingerprint density at radius 2 is 1.92 bits per heavy atom. The van der Waals surface area contributed by atoms with Gasteiger partial charge in [-0.25, -0.2) is 13.4 Å². The van der Waals surface area contributed by atoms with Crippen molar-refractivity contribution in [3.63, 3.8) is 0 Å². The predicted molar refractivity (Wildman–Crippen MR) is 98.5 cm³/mol. The van der Waals surface area contributed by atoms with Gasteiger partial charge in [-0.3, -0.25) is 4.79 Å². The minimum atomic E-state index is -3.46. The van der Waals surface area contributed by atoms with Crippen molar-refractivity contribution in [2.75, 3.05) is 24.7 Å². The van der Waals surface area contributed by atoms with Crippen molar-refractivity contribution in [1.82, 2.24) is 10.3 Å². The summed E-state index contributed by atoms with van der Waals surface area (Å²) in [6.45, 7) is 2.09. The van der Waals surface area contributed by atoms with E-state index in [-0.39, 0.29) is 16.2 Å². The first-order valence-electron chi connectivity index (χ1n) is 8.07. The van der Waals surface area contributed by atoms with Gasteiger partial charge >= 0.3 is 0 Å². The summed E-state index contributed by atoms with van der Waals surface area (Å²) in [5.74, 6) is 0.407. The minimum Gasteiger partial charge on any atom is -0.363 e. The molecular formula is C18H23N3O3S. The molecule has 1 N–H and O–H groups in total. The Bertz CT molecular complexity index is 848. The number of sulfone groups is 1. The number of amides is 1. The van der Waals surface area contributed by atoms with E-state index in [1.54, 1.807) is 25.3 Å². The molecule has 0 saturated carbocycles. The van der Waals surface area contributed by atoms with Gasteiger partial charge in [0, 0.05) is 26.8 Å². The van der Waals surface area contributed by atoms with E-state index >= 15 is 0 Å². The van der Waals surface area contributed by atoms with Crippen LogP contribution in [0.25, 0.3) is 0 Å². The lowest BCUT2D eigenvalue weighted by molar-refractivity contribution is 0.0947. The number of carbonyl (C=O) groups is 1. The van der Waals surface area contributed by atoms with Crippen LogP contribution in [0.3, 0.4) is 0 Å². The molecule has 134 valence electrons. The molecule has 0 fully saturated rings. The van der Waals surface area contributed by atoms with Crippen molar-refractivity contribution in [2.24, 2.45) is 0 Å². The second-order valence-corrected chi connectivity index (χ2v) is 7.99. The molecule has 25 heavy (non-hydrogen) atoms. The highest BCUT2D eigenvalue weighted by Crippen LogP contribution is 2.18. The number of aromatic nitrogens is 1. The zero-order valence-electron chi connectivity index (χ0n) is 14.7. The van der Waals surface area contributed by atoms with Crippen LogP contribution in [0.4, 0.5) is 5.82 Å². The van der Waals surface area contributed by atoms with Crippen LogP contribution in [-0.4, -0.2) is 39.2 Å². The largest absolute Gasteiger partial charge is 0.363 e. The van der Waals surface area contributed by atoms with Gasteiger partial charge in [-0.1, -0.05) is 19.1 Å². The fraction of sp³-hybridized carbons (Fsp3) is 0.333. The summed E-state index contributed by atoms with van der Waals surface area (Å²) >= 11 is 0. The quantitative estimate of drug-likeness (QED) is 0.818. The first kappa shape index (κ1) is 18.9. The minimum absolute atomic E-state index is 0.0217.